The minimum Gasteiger partial charge on any atom is -0.298 e. The highest BCUT2D eigenvalue weighted by Crippen LogP contribution is 2.29. The van der Waals surface area contributed by atoms with Gasteiger partial charge in [-0.15, -0.1) is 11.3 Å². The first-order valence-electron chi connectivity index (χ1n) is 7.98. The summed E-state index contributed by atoms with van der Waals surface area (Å²) in [5.74, 6) is -0.600. The van der Waals surface area contributed by atoms with Gasteiger partial charge in [0.05, 0.1) is 21.1 Å². The zero-order valence-corrected chi connectivity index (χ0v) is 16.5. The third-order valence-corrected chi connectivity index (χ3v) is 5.87. The molecule has 0 aliphatic heterocycles. The molecule has 0 aliphatic carbocycles. The summed E-state index contributed by atoms with van der Waals surface area (Å²) in [6, 6.07) is 10.7. The number of hydrogen-bond acceptors (Lipinski definition) is 7. The van der Waals surface area contributed by atoms with Crippen LogP contribution in [0.5, 0.6) is 0 Å². The van der Waals surface area contributed by atoms with Crippen molar-refractivity contribution in [3.63, 3.8) is 0 Å². The molecule has 0 radical (unpaired) electrons. The summed E-state index contributed by atoms with van der Waals surface area (Å²) in [5.41, 5.74) is 1.56. The van der Waals surface area contributed by atoms with E-state index in [2.05, 4.69) is 10.3 Å². The smallest absolute Gasteiger partial charge is 0.272 e. The first-order valence-corrected chi connectivity index (χ1v) is 10.8. The lowest BCUT2D eigenvalue weighted by atomic mass is 10.1. The molecule has 0 saturated carbocycles. The maximum absolute atomic E-state index is 12.5. The quantitative estimate of drug-likeness (QED) is 0.499. The van der Waals surface area contributed by atoms with Crippen LogP contribution in [0.4, 0.5) is 10.8 Å². The molecule has 0 atom stereocenters. The molecule has 2 aromatic carbocycles. The lowest BCUT2D eigenvalue weighted by molar-refractivity contribution is -0.385. The number of thiazole rings is 1. The number of benzene rings is 2. The monoisotopic (exact) mass is 417 g/mol. The van der Waals surface area contributed by atoms with Crippen molar-refractivity contribution in [1.29, 1.82) is 0 Å². The summed E-state index contributed by atoms with van der Waals surface area (Å²) in [7, 11) is -3.57. The van der Waals surface area contributed by atoms with Crippen LogP contribution in [-0.4, -0.2) is 30.5 Å². The standard InChI is InChI=1S/C18H15N3O5S2/c1-11-7-8-12(9-15(11)21(23)24)14-10-27-18(19-14)20-17(22)13-5-3-4-6-16(13)28(2,25)26/h3-10H,1-2H3,(H,19,20,22). The lowest BCUT2D eigenvalue weighted by Crippen LogP contribution is -2.15. The molecule has 28 heavy (non-hydrogen) atoms. The second-order valence-electron chi connectivity index (χ2n) is 6.02. The fourth-order valence-electron chi connectivity index (χ4n) is 2.57. The van der Waals surface area contributed by atoms with Gasteiger partial charge in [0, 0.05) is 28.8 Å². The van der Waals surface area contributed by atoms with Gasteiger partial charge in [-0.2, -0.15) is 0 Å². The fourth-order valence-corrected chi connectivity index (χ4v) is 4.17. The molecule has 3 aromatic rings. The van der Waals surface area contributed by atoms with Crippen LogP contribution in [-0.2, 0) is 9.84 Å². The van der Waals surface area contributed by atoms with E-state index in [1.165, 1.54) is 18.2 Å². The van der Waals surface area contributed by atoms with Crippen molar-refractivity contribution < 1.29 is 18.1 Å². The van der Waals surface area contributed by atoms with E-state index in [9.17, 15) is 23.3 Å². The maximum atomic E-state index is 12.5. The Morgan fingerprint density at radius 1 is 1.21 bits per heavy atom. The lowest BCUT2D eigenvalue weighted by Gasteiger charge is -2.07. The van der Waals surface area contributed by atoms with Crippen molar-refractivity contribution in [3.05, 3.63) is 69.1 Å². The van der Waals surface area contributed by atoms with Gasteiger partial charge in [-0.3, -0.25) is 20.2 Å². The number of nitrogens with one attached hydrogen (secondary N) is 1. The molecular weight excluding hydrogens is 402 g/mol. The predicted molar refractivity (Wildman–Crippen MR) is 106 cm³/mol. The number of anilines is 1. The highest BCUT2D eigenvalue weighted by atomic mass is 32.2. The van der Waals surface area contributed by atoms with Gasteiger partial charge in [-0.25, -0.2) is 13.4 Å². The van der Waals surface area contributed by atoms with E-state index in [0.717, 1.165) is 17.6 Å². The molecule has 0 fully saturated rings. The van der Waals surface area contributed by atoms with E-state index in [0.29, 0.717) is 16.8 Å². The van der Waals surface area contributed by atoms with E-state index in [1.807, 2.05) is 0 Å². The Bertz CT molecular complexity index is 1190. The molecule has 8 nitrogen and oxygen atoms in total. The van der Waals surface area contributed by atoms with Crippen LogP contribution in [0.1, 0.15) is 15.9 Å². The second kappa shape index (κ2) is 7.49. The van der Waals surface area contributed by atoms with E-state index in [-0.39, 0.29) is 21.3 Å². The topological polar surface area (TPSA) is 119 Å². The summed E-state index contributed by atoms with van der Waals surface area (Å²) >= 11 is 1.14. The van der Waals surface area contributed by atoms with Crippen LogP contribution in [0, 0.1) is 17.0 Å². The van der Waals surface area contributed by atoms with Gasteiger partial charge in [0.2, 0.25) is 0 Å². The first kappa shape index (κ1) is 19.6. The minimum absolute atomic E-state index is 0.0156. The fraction of sp³-hybridized carbons (Fsp3) is 0.111. The van der Waals surface area contributed by atoms with E-state index >= 15 is 0 Å². The van der Waals surface area contributed by atoms with Crippen molar-refractivity contribution in [2.24, 2.45) is 0 Å². The van der Waals surface area contributed by atoms with E-state index in [1.54, 1.807) is 36.6 Å². The Hall–Kier alpha value is -3.11. The number of carbonyl (C=O) groups is 1. The van der Waals surface area contributed by atoms with Crippen LogP contribution < -0.4 is 5.32 Å². The highest BCUT2D eigenvalue weighted by Gasteiger charge is 2.19. The van der Waals surface area contributed by atoms with Crippen LogP contribution in [0.15, 0.2) is 52.7 Å². The SMILES string of the molecule is Cc1ccc(-c2csc(NC(=O)c3ccccc3S(C)(=O)=O)n2)cc1[N+](=O)[O-]. The number of carbonyl (C=O) groups excluding carboxylic acids is 1. The van der Waals surface area contributed by atoms with E-state index in [4.69, 9.17) is 0 Å². The predicted octanol–water partition coefficient (Wildman–Crippen LogP) is 3.68. The maximum Gasteiger partial charge on any atom is 0.272 e. The third-order valence-electron chi connectivity index (χ3n) is 3.96. The molecule has 1 N–H and O–H groups in total. The van der Waals surface area contributed by atoms with Crippen LogP contribution in [0.25, 0.3) is 11.3 Å². The molecule has 3 rings (SSSR count). The average Bonchev–Trinajstić information content (AvgIpc) is 3.09. The van der Waals surface area contributed by atoms with Crippen LogP contribution in [0.2, 0.25) is 0 Å². The Kier molecular flexibility index (Phi) is 5.25. The molecule has 1 aromatic heterocycles. The van der Waals surface area contributed by atoms with Crippen molar-refractivity contribution in [2.75, 3.05) is 11.6 Å². The molecule has 0 saturated heterocycles. The summed E-state index contributed by atoms with van der Waals surface area (Å²) in [4.78, 5) is 27.4. The highest BCUT2D eigenvalue weighted by molar-refractivity contribution is 7.90. The normalized spacial score (nSPS) is 11.2. The second-order valence-corrected chi connectivity index (χ2v) is 8.86. The molecule has 0 aliphatic rings. The van der Waals surface area contributed by atoms with Gasteiger partial charge in [0.1, 0.15) is 0 Å². The number of amides is 1. The number of nitro benzene ring substituents is 1. The van der Waals surface area contributed by atoms with Crippen molar-refractivity contribution in [1.82, 2.24) is 4.98 Å². The van der Waals surface area contributed by atoms with Gasteiger partial charge in [-0.1, -0.05) is 24.3 Å². The molecule has 0 unspecified atom stereocenters. The summed E-state index contributed by atoms with van der Waals surface area (Å²) in [6.45, 7) is 1.65. The van der Waals surface area contributed by atoms with Crippen LogP contribution >= 0.6 is 11.3 Å². The van der Waals surface area contributed by atoms with Gasteiger partial charge in [0.25, 0.3) is 11.6 Å². The zero-order valence-electron chi connectivity index (χ0n) is 14.9. The molecule has 144 valence electrons. The number of sulfone groups is 1. The molecule has 0 spiro atoms. The largest absolute Gasteiger partial charge is 0.298 e. The Morgan fingerprint density at radius 2 is 1.93 bits per heavy atom. The molecule has 1 amide bonds. The minimum atomic E-state index is -3.57. The molecule has 1 heterocycles. The number of rotatable bonds is 5. The van der Waals surface area contributed by atoms with Gasteiger partial charge < -0.3 is 0 Å². The van der Waals surface area contributed by atoms with Gasteiger partial charge in [-0.05, 0) is 19.1 Å². The Morgan fingerprint density at radius 3 is 2.61 bits per heavy atom. The van der Waals surface area contributed by atoms with Crippen molar-refractivity contribution >= 4 is 37.9 Å². The molecular formula is C18H15N3O5S2. The van der Waals surface area contributed by atoms with Gasteiger partial charge in [0.15, 0.2) is 15.0 Å². The van der Waals surface area contributed by atoms with Crippen molar-refractivity contribution in [2.45, 2.75) is 11.8 Å². The number of nitrogens with zero attached hydrogens (tertiary/aromatic N) is 2. The summed E-state index contributed by atoms with van der Waals surface area (Å²) in [6.07, 6.45) is 1.03. The molecule has 10 heteroatoms. The van der Waals surface area contributed by atoms with Crippen LogP contribution in [0.3, 0.4) is 0 Å². The third kappa shape index (κ3) is 4.07. The number of aryl methyl sites for hydroxylation is 1. The van der Waals surface area contributed by atoms with Crippen molar-refractivity contribution in [3.8, 4) is 11.3 Å². The molecule has 0 bridgehead atoms. The summed E-state index contributed by atoms with van der Waals surface area (Å²) in [5, 5.41) is 15.6. The number of hydrogen-bond donors (Lipinski definition) is 1. The number of nitro groups is 1. The summed E-state index contributed by atoms with van der Waals surface area (Å²) < 4.78 is 23.7. The zero-order chi connectivity index (χ0) is 20.5. The average molecular weight is 417 g/mol. The first-order chi connectivity index (χ1) is 13.2. The van der Waals surface area contributed by atoms with Gasteiger partial charge >= 0.3 is 0 Å². The Labute approximate surface area is 164 Å². The Balaban J connectivity index is 1.88. The number of aromatic nitrogens is 1. The van der Waals surface area contributed by atoms with E-state index < -0.39 is 20.7 Å².